The summed E-state index contributed by atoms with van der Waals surface area (Å²) in [5, 5.41) is 8.69. The number of aliphatic hydroxyl groups is 1. The van der Waals surface area contributed by atoms with Gasteiger partial charge in [-0.05, 0) is 0 Å². The van der Waals surface area contributed by atoms with Crippen molar-refractivity contribution in [2.75, 3.05) is 7.11 Å². The van der Waals surface area contributed by atoms with Crippen LogP contribution in [0.2, 0.25) is 0 Å². The average Bonchev–Trinajstić information content (AvgIpc) is 1.64. The van der Waals surface area contributed by atoms with E-state index in [1.54, 1.807) is 0 Å². The smallest absolute Gasteiger partial charge is 0.276 e. The van der Waals surface area contributed by atoms with Crippen molar-refractivity contribution in [1.29, 1.82) is 0 Å². The van der Waals surface area contributed by atoms with Crippen molar-refractivity contribution < 1.29 is 9.84 Å². The maximum absolute atomic E-state index is 8.69. The van der Waals surface area contributed by atoms with Crippen LogP contribution in [-0.4, -0.2) is 21.3 Å². The minimum Gasteiger partial charge on any atom is -0.358 e. The second-order valence-electron chi connectivity index (χ2n) is 1.26. The molecule has 9 heavy (non-hydrogen) atoms. The highest BCUT2D eigenvalue weighted by Gasteiger charge is 2.46. The number of rotatable bonds is 2. The van der Waals surface area contributed by atoms with E-state index in [9.17, 15) is 0 Å². The molecule has 0 atom stereocenters. The third kappa shape index (κ3) is 2.66. The zero-order valence-corrected chi connectivity index (χ0v) is 7.39. The van der Waals surface area contributed by atoms with Crippen LogP contribution in [0, 0.1) is 0 Å². The standard InChI is InChI=1S/C3H4Cl4O2/c1-9-3(6,7)2(4,5)8/h8H,1H3. The Morgan fingerprint density at radius 2 is 1.56 bits per heavy atom. The van der Waals surface area contributed by atoms with Crippen molar-refractivity contribution in [3.05, 3.63) is 0 Å². The molecular formula is C3H4Cl4O2. The van der Waals surface area contributed by atoms with Crippen molar-refractivity contribution in [2.45, 2.75) is 9.04 Å². The lowest BCUT2D eigenvalue weighted by atomic mass is 10.7. The first-order chi connectivity index (χ1) is 3.81. The molecule has 0 saturated heterocycles. The van der Waals surface area contributed by atoms with E-state index in [0.717, 1.165) is 7.11 Å². The van der Waals surface area contributed by atoms with Crippen molar-refractivity contribution >= 4 is 46.4 Å². The molecule has 0 aliphatic carbocycles. The summed E-state index contributed by atoms with van der Waals surface area (Å²) >= 11 is 20.6. The topological polar surface area (TPSA) is 29.5 Å². The Kier molecular flexibility index (Phi) is 3.35. The minimum absolute atomic E-state index is 1.16. The molecule has 0 saturated carbocycles. The van der Waals surface area contributed by atoms with Crippen molar-refractivity contribution in [3.63, 3.8) is 0 Å². The van der Waals surface area contributed by atoms with Gasteiger partial charge in [-0.1, -0.05) is 46.4 Å². The van der Waals surface area contributed by atoms with Crippen LogP contribution in [-0.2, 0) is 4.74 Å². The predicted octanol–water partition coefficient (Wildman–Crippen LogP) is 1.89. The van der Waals surface area contributed by atoms with E-state index >= 15 is 0 Å². The highest BCUT2D eigenvalue weighted by atomic mass is 35.5. The van der Waals surface area contributed by atoms with E-state index in [2.05, 4.69) is 4.74 Å². The Labute approximate surface area is 72.6 Å². The molecule has 56 valence electrons. The summed E-state index contributed by atoms with van der Waals surface area (Å²) in [4.78, 5) is 0. The van der Waals surface area contributed by atoms with Gasteiger partial charge in [0, 0.05) is 7.11 Å². The van der Waals surface area contributed by atoms with Gasteiger partial charge in [0.05, 0.1) is 0 Å². The summed E-state index contributed by atoms with van der Waals surface area (Å²) in [6.07, 6.45) is 0. The number of hydrogen-bond acceptors (Lipinski definition) is 2. The van der Waals surface area contributed by atoms with E-state index in [1.165, 1.54) is 0 Å². The molecule has 0 bridgehead atoms. The van der Waals surface area contributed by atoms with Crippen LogP contribution >= 0.6 is 46.4 Å². The van der Waals surface area contributed by atoms with Gasteiger partial charge in [0.1, 0.15) is 0 Å². The van der Waals surface area contributed by atoms with Gasteiger partial charge in [-0.3, -0.25) is 0 Å². The van der Waals surface area contributed by atoms with Crippen LogP contribution in [0.1, 0.15) is 0 Å². The quantitative estimate of drug-likeness (QED) is 0.711. The van der Waals surface area contributed by atoms with Gasteiger partial charge < -0.3 is 9.84 Å². The highest BCUT2D eigenvalue weighted by Crippen LogP contribution is 2.40. The van der Waals surface area contributed by atoms with Crippen molar-refractivity contribution in [1.82, 2.24) is 0 Å². The van der Waals surface area contributed by atoms with Crippen molar-refractivity contribution in [3.8, 4) is 0 Å². The summed E-state index contributed by atoms with van der Waals surface area (Å²) < 4.78 is 0.0284. The molecule has 0 rings (SSSR count). The van der Waals surface area contributed by atoms with Crippen LogP contribution in [0.25, 0.3) is 0 Å². The van der Waals surface area contributed by atoms with Crippen LogP contribution in [0.3, 0.4) is 0 Å². The first-order valence-electron chi connectivity index (χ1n) is 1.84. The fourth-order valence-electron chi connectivity index (χ4n) is 0.123. The normalized spacial score (nSPS) is 14.0. The van der Waals surface area contributed by atoms with E-state index < -0.39 is 9.04 Å². The lowest BCUT2D eigenvalue weighted by Gasteiger charge is -2.25. The lowest BCUT2D eigenvalue weighted by molar-refractivity contribution is 0.0294. The number of hydrogen-bond donors (Lipinski definition) is 1. The lowest BCUT2D eigenvalue weighted by Crippen LogP contribution is -2.37. The van der Waals surface area contributed by atoms with E-state index in [-0.39, 0.29) is 0 Å². The first-order valence-corrected chi connectivity index (χ1v) is 3.35. The van der Waals surface area contributed by atoms with E-state index in [0.29, 0.717) is 0 Å². The third-order valence-electron chi connectivity index (χ3n) is 0.607. The number of methoxy groups -OCH3 is 1. The van der Waals surface area contributed by atoms with Gasteiger partial charge in [0.25, 0.3) is 9.04 Å². The molecule has 0 radical (unpaired) electrons. The van der Waals surface area contributed by atoms with Gasteiger partial charge in [0.2, 0.25) is 0 Å². The fraction of sp³-hybridized carbons (Fsp3) is 1.00. The SMILES string of the molecule is COC(Cl)(Cl)C(O)(Cl)Cl. The molecule has 0 unspecified atom stereocenters. The zero-order valence-electron chi connectivity index (χ0n) is 4.37. The average molecular weight is 214 g/mol. The monoisotopic (exact) mass is 212 g/mol. The molecule has 0 fully saturated rings. The summed E-state index contributed by atoms with van der Waals surface area (Å²) in [6, 6.07) is 0. The predicted molar refractivity (Wildman–Crippen MR) is 38.1 cm³/mol. The summed E-state index contributed by atoms with van der Waals surface area (Å²) in [5.41, 5.74) is 0. The second kappa shape index (κ2) is 2.99. The second-order valence-corrected chi connectivity index (χ2v) is 3.81. The number of alkyl halides is 4. The van der Waals surface area contributed by atoms with Gasteiger partial charge in [-0.15, -0.1) is 0 Å². The van der Waals surface area contributed by atoms with Gasteiger partial charge in [-0.2, -0.15) is 0 Å². The molecule has 0 heterocycles. The Morgan fingerprint density at radius 3 is 1.56 bits per heavy atom. The van der Waals surface area contributed by atoms with Crippen LogP contribution in [0.15, 0.2) is 0 Å². The summed E-state index contributed by atoms with van der Waals surface area (Å²) in [5.74, 6) is 0. The molecule has 6 heteroatoms. The van der Waals surface area contributed by atoms with E-state index in [4.69, 9.17) is 51.5 Å². The molecule has 0 spiro atoms. The molecule has 0 aliphatic heterocycles. The molecule has 0 aliphatic rings. The molecule has 2 nitrogen and oxygen atoms in total. The number of halogens is 4. The fourth-order valence-corrected chi connectivity index (χ4v) is 0.277. The Balaban J connectivity index is 4.14. The van der Waals surface area contributed by atoms with Gasteiger partial charge in [0.15, 0.2) is 0 Å². The maximum Gasteiger partial charge on any atom is 0.276 e. The van der Waals surface area contributed by atoms with Crippen LogP contribution in [0.5, 0.6) is 0 Å². The molecular weight excluding hydrogens is 210 g/mol. The molecule has 0 amide bonds. The minimum atomic E-state index is -2.30. The first kappa shape index (κ1) is 10.1. The highest BCUT2D eigenvalue weighted by molar-refractivity contribution is 6.60. The Hall–Kier alpha value is 1.08. The van der Waals surface area contributed by atoms with Crippen molar-refractivity contribution in [2.24, 2.45) is 0 Å². The largest absolute Gasteiger partial charge is 0.358 e. The maximum atomic E-state index is 8.69. The van der Waals surface area contributed by atoms with E-state index in [1.807, 2.05) is 0 Å². The molecule has 0 aromatic carbocycles. The van der Waals surface area contributed by atoms with Gasteiger partial charge >= 0.3 is 0 Å². The number of ether oxygens (including phenoxy) is 1. The zero-order chi connectivity index (χ0) is 7.71. The Morgan fingerprint density at radius 1 is 1.22 bits per heavy atom. The van der Waals surface area contributed by atoms with Gasteiger partial charge in [-0.25, -0.2) is 0 Å². The molecule has 0 aromatic heterocycles. The van der Waals surface area contributed by atoms with Crippen LogP contribution < -0.4 is 0 Å². The molecule has 0 aromatic rings. The van der Waals surface area contributed by atoms with Crippen LogP contribution in [0.4, 0.5) is 0 Å². The summed E-state index contributed by atoms with van der Waals surface area (Å²) in [6.45, 7) is 0. The summed E-state index contributed by atoms with van der Waals surface area (Å²) in [7, 11) is 1.16. The Bertz CT molecular complexity index is 96.5. The third-order valence-corrected chi connectivity index (χ3v) is 2.38. The molecule has 1 N–H and O–H groups in total.